The Kier molecular flexibility index (Phi) is 6.74. The van der Waals surface area contributed by atoms with Crippen LogP contribution < -0.4 is 10.2 Å². The first kappa shape index (κ1) is 25.7. The molecule has 0 radical (unpaired) electrons. The van der Waals surface area contributed by atoms with E-state index in [2.05, 4.69) is 15.3 Å². The van der Waals surface area contributed by atoms with Gasteiger partial charge < -0.3 is 19.3 Å². The monoisotopic (exact) mass is 540 g/mol. The largest absolute Gasteiger partial charge is 0.383 e. The lowest BCUT2D eigenvalue weighted by Gasteiger charge is -2.30. The normalized spacial score (nSPS) is 17.8. The highest BCUT2D eigenvalue weighted by atomic mass is 16.5. The molecular weight excluding hydrogens is 512 g/mol. The molecule has 3 aliphatic heterocycles. The lowest BCUT2D eigenvalue weighted by molar-refractivity contribution is -0.133. The summed E-state index contributed by atoms with van der Waals surface area (Å²) in [6, 6.07) is 10.7. The van der Waals surface area contributed by atoms with Gasteiger partial charge in [-0.25, -0.2) is 4.98 Å². The molecule has 1 atom stereocenters. The first-order valence-corrected chi connectivity index (χ1v) is 13.0. The number of nitrogens with zero attached hydrogens (tertiary/aromatic N) is 5. The van der Waals surface area contributed by atoms with Crippen molar-refractivity contribution in [3.05, 3.63) is 83.6 Å². The highest BCUT2D eigenvalue weighted by Gasteiger charge is 2.42. The zero-order chi connectivity index (χ0) is 27.8. The maximum Gasteiger partial charge on any atom is 0.261 e. The number of benzene rings is 1. The van der Waals surface area contributed by atoms with Gasteiger partial charge in [-0.2, -0.15) is 0 Å². The molecule has 1 N–H and O–H groups in total. The number of imidazole rings is 1. The van der Waals surface area contributed by atoms with E-state index < -0.39 is 17.9 Å². The van der Waals surface area contributed by atoms with Crippen molar-refractivity contribution in [3.63, 3.8) is 0 Å². The van der Waals surface area contributed by atoms with Crippen LogP contribution in [-0.2, 0) is 30.3 Å². The molecule has 40 heavy (non-hydrogen) atoms. The highest BCUT2D eigenvalue weighted by Crippen LogP contribution is 2.40. The van der Waals surface area contributed by atoms with Crippen LogP contribution in [0.2, 0.25) is 0 Å². The summed E-state index contributed by atoms with van der Waals surface area (Å²) in [6.45, 7) is 1.70. The predicted molar refractivity (Wildman–Crippen MR) is 148 cm³/mol. The molecule has 3 aromatic rings. The molecule has 0 saturated carbocycles. The van der Waals surface area contributed by atoms with Crippen LogP contribution in [0.5, 0.6) is 0 Å². The zero-order valence-electron chi connectivity index (χ0n) is 22.2. The number of anilines is 1. The second-order valence-electron chi connectivity index (χ2n) is 9.63. The number of pyridine rings is 1. The number of ether oxygens (including phenoxy) is 2. The molecule has 6 rings (SSSR count). The third-order valence-corrected chi connectivity index (χ3v) is 7.38. The minimum atomic E-state index is -0.528. The Balaban J connectivity index is 1.43. The summed E-state index contributed by atoms with van der Waals surface area (Å²) in [7, 11) is 3.21. The number of carbonyl (C=O) groups is 3. The van der Waals surface area contributed by atoms with Crippen molar-refractivity contribution in [2.45, 2.75) is 12.5 Å². The van der Waals surface area contributed by atoms with Gasteiger partial charge in [0, 0.05) is 57.9 Å². The second-order valence-corrected chi connectivity index (χ2v) is 9.63. The van der Waals surface area contributed by atoms with Crippen LogP contribution in [-0.4, -0.2) is 84.3 Å². The molecule has 5 heterocycles. The summed E-state index contributed by atoms with van der Waals surface area (Å²) in [5.74, 6) is -1.09. The molecule has 2 aromatic heterocycles. The van der Waals surface area contributed by atoms with E-state index in [4.69, 9.17) is 9.47 Å². The molecule has 11 nitrogen and oxygen atoms in total. The van der Waals surface area contributed by atoms with E-state index in [1.165, 1.54) is 0 Å². The molecule has 3 amide bonds. The van der Waals surface area contributed by atoms with Crippen LogP contribution in [0, 0.1) is 0 Å². The molecule has 0 saturated heterocycles. The second kappa shape index (κ2) is 10.5. The molecular formula is C29H28N6O5. The number of rotatable bonds is 9. The first-order chi connectivity index (χ1) is 19.5. The van der Waals surface area contributed by atoms with Gasteiger partial charge in [-0.15, -0.1) is 0 Å². The number of nitrogens with one attached hydrogen (secondary N) is 1. The van der Waals surface area contributed by atoms with Crippen LogP contribution in [0.3, 0.4) is 0 Å². The summed E-state index contributed by atoms with van der Waals surface area (Å²) >= 11 is 0. The van der Waals surface area contributed by atoms with Crippen LogP contribution in [0.1, 0.15) is 16.8 Å². The Hall–Kier alpha value is -4.61. The van der Waals surface area contributed by atoms with Crippen LogP contribution in [0.15, 0.2) is 71.8 Å². The number of carbonyl (C=O) groups excluding carboxylic acids is 3. The van der Waals surface area contributed by atoms with Crippen molar-refractivity contribution in [1.29, 1.82) is 0 Å². The Labute approximate surface area is 230 Å². The van der Waals surface area contributed by atoms with E-state index in [0.717, 1.165) is 11.3 Å². The van der Waals surface area contributed by atoms with E-state index >= 15 is 0 Å². The fourth-order valence-electron chi connectivity index (χ4n) is 5.54. The minimum absolute atomic E-state index is 0.0521. The number of para-hydroxylation sites is 1. The summed E-state index contributed by atoms with van der Waals surface area (Å²) in [5, 5.41) is 2.44. The van der Waals surface area contributed by atoms with Gasteiger partial charge in [0.25, 0.3) is 11.8 Å². The van der Waals surface area contributed by atoms with Crippen molar-refractivity contribution in [2.24, 2.45) is 4.99 Å². The smallest absolute Gasteiger partial charge is 0.261 e. The summed E-state index contributed by atoms with van der Waals surface area (Å²) in [6.07, 6.45) is 7.21. The maximum atomic E-state index is 13.8. The van der Waals surface area contributed by atoms with Gasteiger partial charge >= 0.3 is 0 Å². The van der Waals surface area contributed by atoms with E-state index in [1.807, 2.05) is 41.3 Å². The maximum absolute atomic E-state index is 13.8. The van der Waals surface area contributed by atoms with E-state index in [1.54, 1.807) is 48.3 Å². The van der Waals surface area contributed by atoms with Gasteiger partial charge in [-0.3, -0.25) is 29.1 Å². The van der Waals surface area contributed by atoms with Gasteiger partial charge in [0.05, 0.1) is 47.6 Å². The number of methoxy groups -OCH3 is 2. The van der Waals surface area contributed by atoms with Crippen molar-refractivity contribution in [3.8, 4) is 0 Å². The number of aromatic nitrogens is 2. The van der Waals surface area contributed by atoms with Crippen LogP contribution >= 0.6 is 0 Å². The Morgan fingerprint density at radius 1 is 1.05 bits per heavy atom. The third-order valence-electron chi connectivity index (χ3n) is 7.38. The third kappa shape index (κ3) is 4.19. The number of imide groups is 1. The minimum Gasteiger partial charge on any atom is -0.383 e. The molecule has 0 bridgehead atoms. The molecule has 0 aliphatic carbocycles. The Morgan fingerprint density at radius 3 is 2.60 bits per heavy atom. The topological polar surface area (TPSA) is 118 Å². The number of fused-ring (bicyclic) bond motifs is 1. The SMILES string of the molecule is COCCN(CCOC)C(=O)C1Cc2cccc3c2N1C=CN=C3C1=C(c2cnc3ccccn23)C(=O)NC1=O. The summed E-state index contributed by atoms with van der Waals surface area (Å²) < 4.78 is 12.2. The van der Waals surface area contributed by atoms with Crippen molar-refractivity contribution in [1.82, 2.24) is 19.6 Å². The summed E-state index contributed by atoms with van der Waals surface area (Å²) in [4.78, 5) is 52.9. The van der Waals surface area contributed by atoms with Crippen molar-refractivity contribution in [2.75, 3.05) is 45.4 Å². The quantitative estimate of drug-likeness (QED) is 0.410. The van der Waals surface area contributed by atoms with E-state index in [0.29, 0.717) is 55.3 Å². The van der Waals surface area contributed by atoms with Gasteiger partial charge in [0.2, 0.25) is 5.91 Å². The fraction of sp³-hybridized carbons (Fsp3) is 0.276. The molecule has 204 valence electrons. The molecule has 1 unspecified atom stereocenters. The molecule has 0 spiro atoms. The standard InChI is InChI=1S/C29H28N6O5/c1-39-14-12-33(13-15-40-2)29(38)20-16-18-6-5-7-19-25(30-9-11-35(20)26(18)19)24-23(27(36)32-28(24)37)21-17-31-22-8-3-4-10-34(21)22/h3-11,17,20H,12-16H2,1-2H3,(H,32,36,37). The summed E-state index contributed by atoms with van der Waals surface area (Å²) in [5.41, 5.74) is 4.31. The van der Waals surface area contributed by atoms with Gasteiger partial charge in [-0.1, -0.05) is 24.3 Å². The van der Waals surface area contributed by atoms with Crippen molar-refractivity contribution >= 4 is 40.3 Å². The number of hydrogen-bond donors (Lipinski definition) is 1. The number of hydrogen-bond acceptors (Lipinski definition) is 8. The van der Waals surface area contributed by atoms with E-state index in [-0.39, 0.29) is 17.1 Å². The van der Waals surface area contributed by atoms with Crippen molar-refractivity contribution < 1.29 is 23.9 Å². The molecule has 11 heteroatoms. The van der Waals surface area contributed by atoms with Gasteiger partial charge in [-0.05, 0) is 17.7 Å². The van der Waals surface area contributed by atoms with Gasteiger partial charge in [0.15, 0.2) is 0 Å². The fourth-order valence-corrected chi connectivity index (χ4v) is 5.54. The molecule has 1 aromatic carbocycles. The lowest BCUT2D eigenvalue weighted by atomic mass is 9.94. The lowest BCUT2D eigenvalue weighted by Crippen LogP contribution is -2.48. The molecule has 3 aliphatic rings. The Morgan fingerprint density at radius 2 is 1.82 bits per heavy atom. The van der Waals surface area contributed by atoms with Crippen LogP contribution in [0.4, 0.5) is 5.69 Å². The molecule has 0 fully saturated rings. The van der Waals surface area contributed by atoms with Crippen LogP contribution in [0.25, 0.3) is 11.2 Å². The predicted octanol–water partition coefficient (Wildman–Crippen LogP) is 1.57. The average molecular weight is 541 g/mol. The van der Waals surface area contributed by atoms with E-state index in [9.17, 15) is 14.4 Å². The Bertz CT molecular complexity index is 1610. The zero-order valence-corrected chi connectivity index (χ0v) is 22.2. The average Bonchev–Trinajstić information content (AvgIpc) is 3.59. The van der Waals surface area contributed by atoms with Gasteiger partial charge in [0.1, 0.15) is 11.7 Å². The number of aliphatic imine (C=N–C) groups is 1. The number of amides is 3. The highest BCUT2D eigenvalue weighted by molar-refractivity contribution is 6.47. The first-order valence-electron chi connectivity index (χ1n) is 13.0.